The summed E-state index contributed by atoms with van der Waals surface area (Å²) in [6, 6.07) is 7.32. The Hall–Kier alpha value is -1.13. The Labute approximate surface area is 115 Å². The highest BCUT2D eigenvalue weighted by Gasteiger charge is 2.20. The van der Waals surface area contributed by atoms with Crippen molar-refractivity contribution in [3.8, 4) is 0 Å². The minimum Gasteiger partial charge on any atom is -0.384 e. The van der Waals surface area contributed by atoms with Gasteiger partial charge in [-0.1, -0.05) is 6.07 Å². The second-order valence-corrected chi connectivity index (χ2v) is 5.50. The van der Waals surface area contributed by atoms with Crippen LogP contribution in [0.3, 0.4) is 0 Å². The molecular weight excluding hydrogens is 241 g/mol. The molecule has 106 valence electrons. The van der Waals surface area contributed by atoms with Crippen molar-refractivity contribution in [3.63, 3.8) is 0 Å². The van der Waals surface area contributed by atoms with Crippen molar-refractivity contribution >= 4 is 5.69 Å². The summed E-state index contributed by atoms with van der Waals surface area (Å²) in [5, 5.41) is 3.28. The molecule has 1 aromatic rings. The quantitative estimate of drug-likeness (QED) is 0.881. The monoisotopic (exact) mass is 265 g/mol. The molecule has 1 aliphatic heterocycles. The third-order valence-electron chi connectivity index (χ3n) is 3.79. The number of nitrogens with zero attached hydrogens (tertiary/aromatic N) is 2. The third kappa shape index (κ3) is 4.48. The lowest BCUT2D eigenvalue weighted by molar-refractivity contribution is 0.137. The van der Waals surface area contributed by atoms with E-state index in [1.54, 1.807) is 12.1 Å². The van der Waals surface area contributed by atoms with Crippen molar-refractivity contribution in [1.82, 2.24) is 9.80 Å². The Balaban J connectivity index is 1.73. The lowest BCUT2D eigenvalue weighted by atomic mass is 10.1. The smallest absolute Gasteiger partial charge is 0.125 e. The van der Waals surface area contributed by atoms with Crippen molar-refractivity contribution in [2.24, 2.45) is 0 Å². The van der Waals surface area contributed by atoms with Gasteiger partial charge >= 0.3 is 0 Å². The molecule has 1 N–H and O–H groups in total. The van der Waals surface area contributed by atoms with E-state index in [9.17, 15) is 4.39 Å². The van der Waals surface area contributed by atoms with Gasteiger partial charge in [0.05, 0.1) is 0 Å². The van der Waals surface area contributed by atoms with E-state index in [2.05, 4.69) is 29.2 Å². The number of hydrogen-bond donors (Lipinski definition) is 1. The molecule has 0 saturated carbocycles. The standard InChI is InChI=1S/C15H24FN3/c1-18(2)15-7-4-9-19(12-15)10-8-17-14-6-3-5-13(16)11-14/h3,5-6,11,15,17H,4,7-10,12H2,1-2H3. The van der Waals surface area contributed by atoms with Crippen LogP contribution in [0.2, 0.25) is 0 Å². The number of rotatable bonds is 5. The molecule has 1 unspecified atom stereocenters. The highest BCUT2D eigenvalue weighted by atomic mass is 19.1. The van der Waals surface area contributed by atoms with E-state index < -0.39 is 0 Å². The van der Waals surface area contributed by atoms with Crippen LogP contribution in [-0.4, -0.2) is 56.1 Å². The fourth-order valence-corrected chi connectivity index (χ4v) is 2.61. The third-order valence-corrected chi connectivity index (χ3v) is 3.79. The molecular formula is C15H24FN3. The number of likely N-dealkylation sites (tertiary alicyclic amines) is 1. The maximum absolute atomic E-state index is 13.0. The first kappa shape index (κ1) is 14.3. The van der Waals surface area contributed by atoms with Gasteiger partial charge < -0.3 is 15.1 Å². The normalized spacial score (nSPS) is 20.7. The number of piperidine rings is 1. The highest BCUT2D eigenvalue weighted by Crippen LogP contribution is 2.13. The van der Waals surface area contributed by atoms with Crippen LogP contribution in [0.1, 0.15) is 12.8 Å². The summed E-state index contributed by atoms with van der Waals surface area (Å²) in [4.78, 5) is 4.80. The van der Waals surface area contributed by atoms with E-state index in [1.807, 2.05) is 6.07 Å². The molecule has 3 nitrogen and oxygen atoms in total. The van der Waals surface area contributed by atoms with Gasteiger partial charge in [-0.15, -0.1) is 0 Å². The second kappa shape index (κ2) is 6.87. The zero-order valence-electron chi connectivity index (χ0n) is 11.9. The van der Waals surface area contributed by atoms with Crippen LogP contribution in [0, 0.1) is 5.82 Å². The van der Waals surface area contributed by atoms with Gasteiger partial charge in [0.25, 0.3) is 0 Å². The van der Waals surface area contributed by atoms with Crippen LogP contribution >= 0.6 is 0 Å². The SMILES string of the molecule is CN(C)C1CCCN(CCNc2cccc(F)c2)C1. The molecule has 4 heteroatoms. The first-order chi connectivity index (χ1) is 9.15. The van der Waals surface area contributed by atoms with Crippen molar-refractivity contribution in [3.05, 3.63) is 30.1 Å². The Morgan fingerprint density at radius 2 is 2.26 bits per heavy atom. The van der Waals surface area contributed by atoms with Gasteiger partial charge in [0, 0.05) is 31.4 Å². The Morgan fingerprint density at radius 1 is 1.42 bits per heavy atom. The Bertz CT molecular complexity index is 395. The molecule has 1 fully saturated rings. The molecule has 0 radical (unpaired) electrons. The lowest BCUT2D eigenvalue weighted by Gasteiger charge is -2.36. The molecule has 0 spiro atoms. The predicted molar refractivity (Wildman–Crippen MR) is 78.0 cm³/mol. The summed E-state index contributed by atoms with van der Waals surface area (Å²) < 4.78 is 13.0. The zero-order chi connectivity index (χ0) is 13.7. The molecule has 0 amide bonds. The van der Waals surface area contributed by atoms with Crippen LogP contribution in [0.15, 0.2) is 24.3 Å². The highest BCUT2D eigenvalue weighted by molar-refractivity contribution is 5.42. The van der Waals surface area contributed by atoms with Gasteiger partial charge in [0.15, 0.2) is 0 Å². The maximum Gasteiger partial charge on any atom is 0.125 e. The van der Waals surface area contributed by atoms with Gasteiger partial charge in [0.1, 0.15) is 5.82 Å². The van der Waals surface area contributed by atoms with Crippen LogP contribution < -0.4 is 5.32 Å². The maximum atomic E-state index is 13.0. The van der Waals surface area contributed by atoms with Crippen LogP contribution in [-0.2, 0) is 0 Å². The number of halogens is 1. The van der Waals surface area contributed by atoms with Gasteiger partial charge in [-0.25, -0.2) is 4.39 Å². The van der Waals surface area contributed by atoms with E-state index in [1.165, 1.54) is 25.5 Å². The van der Waals surface area contributed by atoms with Crippen molar-refractivity contribution in [2.75, 3.05) is 45.6 Å². The van der Waals surface area contributed by atoms with Crippen LogP contribution in [0.25, 0.3) is 0 Å². The first-order valence-corrected chi connectivity index (χ1v) is 7.03. The first-order valence-electron chi connectivity index (χ1n) is 7.03. The number of likely N-dealkylation sites (N-methyl/N-ethyl adjacent to an activating group) is 1. The molecule has 0 aliphatic carbocycles. The lowest BCUT2D eigenvalue weighted by Crippen LogP contribution is -2.46. The van der Waals surface area contributed by atoms with E-state index in [0.717, 1.165) is 25.3 Å². The molecule has 1 atom stereocenters. The van der Waals surface area contributed by atoms with Crippen molar-refractivity contribution < 1.29 is 4.39 Å². The summed E-state index contributed by atoms with van der Waals surface area (Å²) in [6.07, 6.45) is 2.56. The molecule has 0 aromatic heterocycles. The summed E-state index contributed by atoms with van der Waals surface area (Å²) >= 11 is 0. The van der Waals surface area contributed by atoms with E-state index in [0.29, 0.717) is 6.04 Å². The van der Waals surface area contributed by atoms with Crippen LogP contribution in [0.4, 0.5) is 10.1 Å². The second-order valence-electron chi connectivity index (χ2n) is 5.50. The molecule has 1 aromatic carbocycles. The molecule has 1 heterocycles. The summed E-state index contributed by atoms with van der Waals surface area (Å²) in [7, 11) is 4.30. The zero-order valence-corrected chi connectivity index (χ0v) is 11.9. The molecule has 19 heavy (non-hydrogen) atoms. The largest absolute Gasteiger partial charge is 0.384 e. The van der Waals surface area contributed by atoms with Crippen molar-refractivity contribution in [2.45, 2.75) is 18.9 Å². The van der Waals surface area contributed by atoms with Gasteiger partial charge in [-0.05, 0) is 51.7 Å². The molecule has 1 aliphatic rings. The van der Waals surface area contributed by atoms with E-state index >= 15 is 0 Å². The van der Waals surface area contributed by atoms with E-state index in [-0.39, 0.29) is 5.82 Å². The number of hydrogen-bond acceptors (Lipinski definition) is 3. The fourth-order valence-electron chi connectivity index (χ4n) is 2.61. The Morgan fingerprint density at radius 3 is 3.00 bits per heavy atom. The predicted octanol–water partition coefficient (Wildman–Crippen LogP) is 2.26. The average Bonchev–Trinajstić information content (AvgIpc) is 2.39. The average molecular weight is 265 g/mol. The summed E-state index contributed by atoms with van der Waals surface area (Å²) in [5.74, 6) is -0.185. The summed E-state index contributed by atoms with van der Waals surface area (Å²) in [5.41, 5.74) is 0.862. The minimum atomic E-state index is -0.185. The fraction of sp³-hybridized carbons (Fsp3) is 0.600. The Kier molecular flexibility index (Phi) is 5.16. The van der Waals surface area contributed by atoms with Gasteiger partial charge in [0.2, 0.25) is 0 Å². The number of nitrogens with one attached hydrogen (secondary N) is 1. The molecule has 0 bridgehead atoms. The minimum absolute atomic E-state index is 0.185. The summed E-state index contributed by atoms with van der Waals surface area (Å²) in [6.45, 7) is 4.19. The topological polar surface area (TPSA) is 18.5 Å². The molecule has 1 saturated heterocycles. The number of anilines is 1. The van der Waals surface area contributed by atoms with Crippen molar-refractivity contribution in [1.29, 1.82) is 0 Å². The van der Waals surface area contributed by atoms with E-state index in [4.69, 9.17) is 0 Å². The van der Waals surface area contributed by atoms with Crippen LogP contribution in [0.5, 0.6) is 0 Å². The van der Waals surface area contributed by atoms with Gasteiger partial charge in [-0.2, -0.15) is 0 Å². The molecule has 2 rings (SSSR count). The van der Waals surface area contributed by atoms with Gasteiger partial charge in [-0.3, -0.25) is 0 Å². The number of benzene rings is 1.